The van der Waals surface area contributed by atoms with Gasteiger partial charge in [0.2, 0.25) is 0 Å². The topological polar surface area (TPSA) is 116 Å². The van der Waals surface area contributed by atoms with E-state index in [9.17, 15) is 25.2 Å². The van der Waals surface area contributed by atoms with Crippen LogP contribution in [-0.4, -0.2) is 69.6 Å². The Kier molecular flexibility index (Phi) is 6.98. The first-order valence-electron chi connectivity index (χ1n) is 9.23. The first-order chi connectivity index (χ1) is 12.1. The van der Waals surface area contributed by atoms with E-state index in [0.29, 0.717) is 12.8 Å². The minimum Gasteiger partial charge on any atom is -0.394 e. The van der Waals surface area contributed by atoms with E-state index in [1.54, 1.807) is 6.08 Å². The predicted octanol–water partition coefficient (Wildman–Crippen LogP) is 0.533. The zero-order valence-electron chi connectivity index (χ0n) is 16.0. The molecular formula is C19H32O7. The Morgan fingerprint density at radius 3 is 2.50 bits per heavy atom. The minimum absolute atomic E-state index is 0.112. The molecule has 0 spiro atoms. The summed E-state index contributed by atoms with van der Waals surface area (Å²) in [6.07, 6.45) is -2.82. The van der Waals surface area contributed by atoms with E-state index in [0.717, 1.165) is 12.0 Å². The Morgan fingerprint density at radius 1 is 1.27 bits per heavy atom. The lowest BCUT2D eigenvalue weighted by molar-refractivity contribution is -0.310. The Hall–Kier alpha value is -0.830. The smallest absolute Gasteiger partial charge is 0.186 e. The van der Waals surface area contributed by atoms with E-state index in [1.807, 2.05) is 13.8 Å². The summed E-state index contributed by atoms with van der Waals surface area (Å²) in [5.74, 6) is 0.426. The third-order valence-electron chi connectivity index (χ3n) is 5.59. The largest absolute Gasteiger partial charge is 0.394 e. The number of allylic oxidation sites excluding steroid dienone is 2. The van der Waals surface area contributed by atoms with Crippen molar-refractivity contribution in [3.8, 4) is 0 Å². The number of hydrogen-bond donors (Lipinski definition) is 4. The second-order valence-corrected chi connectivity index (χ2v) is 8.29. The molecule has 0 saturated carbocycles. The Morgan fingerprint density at radius 2 is 1.92 bits per heavy atom. The van der Waals surface area contributed by atoms with Crippen LogP contribution in [0.25, 0.3) is 0 Å². The molecule has 1 aliphatic carbocycles. The quantitative estimate of drug-likeness (QED) is 0.537. The summed E-state index contributed by atoms with van der Waals surface area (Å²) in [5.41, 5.74) is 0.963. The number of hydrogen-bond acceptors (Lipinski definition) is 7. The average Bonchev–Trinajstić information content (AvgIpc) is 2.53. The minimum atomic E-state index is -1.44. The highest BCUT2D eigenvalue weighted by molar-refractivity contribution is 5.91. The maximum absolute atomic E-state index is 11.8. The summed E-state index contributed by atoms with van der Waals surface area (Å²) in [6.45, 7) is 7.53. The van der Waals surface area contributed by atoms with Crippen molar-refractivity contribution in [3.05, 3.63) is 11.6 Å². The Labute approximate surface area is 154 Å². The van der Waals surface area contributed by atoms with Crippen molar-refractivity contribution in [2.24, 2.45) is 11.3 Å². The number of rotatable bonds is 6. The molecule has 0 amide bonds. The third-order valence-corrected chi connectivity index (χ3v) is 5.59. The van der Waals surface area contributed by atoms with Crippen LogP contribution in [0.1, 0.15) is 47.0 Å². The maximum Gasteiger partial charge on any atom is 0.186 e. The van der Waals surface area contributed by atoms with Gasteiger partial charge in [-0.1, -0.05) is 19.4 Å². The standard InChI is InChI=1S/C19H32O7/c1-10-7-12(21)8-19(3,4)13(10)6-5-11(2)25-18-17(24)16(23)15(22)14(9-20)26-18/h7,11,13-18,20,22-24H,5-6,8-9H2,1-4H3/t11-,13+,14?,15?,16?,17?,18?/m1/s1. The van der Waals surface area contributed by atoms with Gasteiger partial charge in [-0.15, -0.1) is 0 Å². The first-order valence-corrected chi connectivity index (χ1v) is 9.23. The molecule has 4 N–H and O–H groups in total. The van der Waals surface area contributed by atoms with Crippen molar-refractivity contribution in [2.75, 3.05) is 6.61 Å². The summed E-state index contributed by atoms with van der Waals surface area (Å²) in [7, 11) is 0. The van der Waals surface area contributed by atoms with Gasteiger partial charge in [-0.25, -0.2) is 0 Å². The molecule has 0 aromatic carbocycles. The van der Waals surface area contributed by atoms with Gasteiger partial charge in [-0.05, 0) is 44.1 Å². The van der Waals surface area contributed by atoms with Crippen LogP contribution in [0.2, 0.25) is 0 Å². The van der Waals surface area contributed by atoms with Crippen molar-refractivity contribution >= 4 is 5.78 Å². The number of aliphatic hydroxyl groups excluding tert-OH is 4. The highest BCUT2D eigenvalue weighted by Crippen LogP contribution is 2.42. The van der Waals surface area contributed by atoms with E-state index in [1.165, 1.54) is 0 Å². The lowest BCUT2D eigenvalue weighted by Crippen LogP contribution is -2.59. The summed E-state index contributed by atoms with van der Waals surface area (Å²) in [4.78, 5) is 11.8. The van der Waals surface area contributed by atoms with Crippen molar-refractivity contribution in [1.29, 1.82) is 0 Å². The molecule has 0 aromatic rings. The molecule has 1 saturated heterocycles. The molecule has 1 heterocycles. The van der Waals surface area contributed by atoms with Crippen LogP contribution in [0.3, 0.4) is 0 Å². The number of ether oxygens (including phenoxy) is 2. The molecule has 1 fully saturated rings. The average molecular weight is 372 g/mol. The molecule has 7 heteroatoms. The van der Waals surface area contributed by atoms with Crippen LogP contribution in [0.4, 0.5) is 0 Å². The van der Waals surface area contributed by atoms with Crippen molar-refractivity contribution in [1.82, 2.24) is 0 Å². The molecule has 7 nitrogen and oxygen atoms in total. The highest BCUT2D eigenvalue weighted by Gasteiger charge is 2.44. The monoisotopic (exact) mass is 372 g/mol. The lowest BCUT2D eigenvalue weighted by atomic mass is 9.66. The molecule has 0 bridgehead atoms. The van der Waals surface area contributed by atoms with E-state index in [-0.39, 0.29) is 23.2 Å². The van der Waals surface area contributed by atoms with E-state index in [2.05, 4.69) is 13.8 Å². The van der Waals surface area contributed by atoms with E-state index >= 15 is 0 Å². The summed E-state index contributed by atoms with van der Waals surface area (Å²) in [5, 5.41) is 38.9. The van der Waals surface area contributed by atoms with Crippen LogP contribution >= 0.6 is 0 Å². The molecule has 7 atom stereocenters. The number of aliphatic hydroxyl groups is 4. The summed E-state index contributed by atoms with van der Waals surface area (Å²) < 4.78 is 11.1. The van der Waals surface area contributed by atoms with Gasteiger partial charge < -0.3 is 29.9 Å². The zero-order chi connectivity index (χ0) is 19.6. The SMILES string of the molecule is CC1=CC(=O)CC(C)(C)[C@H]1CC[C@@H](C)OC1OC(CO)C(O)C(O)C1O. The zero-order valence-corrected chi connectivity index (χ0v) is 16.0. The van der Waals surface area contributed by atoms with Crippen LogP contribution < -0.4 is 0 Å². The van der Waals surface area contributed by atoms with Crippen LogP contribution in [-0.2, 0) is 14.3 Å². The van der Waals surface area contributed by atoms with E-state index < -0.39 is 37.3 Å². The van der Waals surface area contributed by atoms with Crippen molar-refractivity contribution in [2.45, 2.75) is 83.8 Å². The van der Waals surface area contributed by atoms with Gasteiger partial charge >= 0.3 is 0 Å². The normalized spacial score (nSPS) is 38.8. The fourth-order valence-corrected chi connectivity index (χ4v) is 4.09. The number of ketones is 1. The van der Waals surface area contributed by atoms with Gasteiger partial charge in [0.1, 0.15) is 24.4 Å². The molecule has 0 aromatic heterocycles. The molecule has 0 radical (unpaired) electrons. The maximum atomic E-state index is 11.8. The van der Waals surface area contributed by atoms with Gasteiger partial charge in [0, 0.05) is 6.42 Å². The van der Waals surface area contributed by atoms with Crippen LogP contribution in [0.5, 0.6) is 0 Å². The predicted molar refractivity (Wildman–Crippen MR) is 94.2 cm³/mol. The first kappa shape index (κ1) is 21.5. The molecular weight excluding hydrogens is 340 g/mol. The Bertz CT molecular complexity index is 528. The Balaban J connectivity index is 1.93. The van der Waals surface area contributed by atoms with Gasteiger partial charge in [0.15, 0.2) is 12.1 Å². The van der Waals surface area contributed by atoms with Gasteiger partial charge in [-0.2, -0.15) is 0 Å². The highest BCUT2D eigenvalue weighted by atomic mass is 16.7. The van der Waals surface area contributed by atoms with Crippen molar-refractivity contribution in [3.63, 3.8) is 0 Å². The van der Waals surface area contributed by atoms with Gasteiger partial charge in [0.25, 0.3) is 0 Å². The fourth-order valence-electron chi connectivity index (χ4n) is 4.09. The fraction of sp³-hybridized carbons (Fsp3) is 0.842. The molecule has 1 aliphatic heterocycles. The second-order valence-electron chi connectivity index (χ2n) is 8.29. The molecule has 2 aliphatic rings. The summed E-state index contributed by atoms with van der Waals surface area (Å²) >= 11 is 0. The van der Waals surface area contributed by atoms with Gasteiger partial charge in [-0.3, -0.25) is 4.79 Å². The second kappa shape index (κ2) is 8.46. The van der Waals surface area contributed by atoms with Crippen LogP contribution in [0, 0.1) is 11.3 Å². The van der Waals surface area contributed by atoms with E-state index in [4.69, 9.17) is 9.47 Å². The summed E-state index contributed by atoms with van der Waals surface area (Å²) in [6, 6.07) is 0. The van der Waals surface area contributed by atoms with Crippen molar-refractivity contribution < 1.29 is 34.7 Å². The number of carbonyl (C=O) groups excluding carboxylic acids is 1. The lowest BCUT2D eigenvalue weighted by Gasteiger charge is -2.41. The molecule has 150 valence electrons. The molecule has 26 heavy (non-hydrogen) atoms. The number of carbonyl (C=O) groups is 1. The van der Waals surface area contributed by atoms with Crippen LogP contribution in [0.15, 0.2) is 11.6 Å². The molecule has 5 unspecified atom stereocenters. The van der Waals surface area contributed by atoms with Gasteiger partial charge in [0.05, 0.1) is 12.7 Å². The third kappa shape index (κ3) is 4.71. The molecule has 2 rings (SSSR count).